The molecule has 19 heavy (non-hydrogen) atoms. The van der Waals surface area contributed by atoms with Crippen molar-refractivity contribution in [2.45, 2.75) is 18.7 Å². The molecule has 0 radical (unpaired) electrons. The number of hydrogen-bond acceptors (Lipinski definition) is 6. The standard InChI is InChI=1S/C11H16ClN3O2S2/c1-3-8-10(12)13-7-14-11(8)15-4-5-18-6-9(15)19(2,16)17/h7,9H,3-6H2,1-2H3. The maximum absolute atomic E-state index is 11.9. The van der Waals surface area contributed by atoms with E-state index in [0.717, 1.165) is 11.3 Å². The van der Waals surface area contributed by atoms with Gasteiger partial charge >= 0.3 is 0 Å². The van der Waals surface area contributed by atoms with Crippen molar-refractivity contribution in [1.29, 1.82) is 0 Å². The molecule has 0 amide bonds. The molecule has 1 fully saturated rings. The fraction of sp³-hybridized carbons (Fsp3) is 0.636. The Hall–Kier alpha value is -0.530. The number of hydrogen-bond donors (Lipinski definition) is 0. The normalized spacial score (nSPS) is 20.6. The Labute approximate surface area is 122 Å². The summed E-state index contributed by atoms with van der Waals surface area (Å²) in [5.74, 6) is 2.10. The Bertz CT molecular complexity index is 565. The van der Waals surface area contributed by atoms with E-state index in [1.54, 1.807) is 11.8 Å². The summed E-state index contributed by atoms with van der Waals surface area (Å²) >= 11 is 7.73. The zero-order chi connectivity index (χ0) is 14.0. The zero-order valence-electron chi connectivity index (χ0n) is 10.8. The molecule has 0 saturated carbocycles. The summed E-state index contributed by atoms with van der Waals surface area (Å²) in [4.78, 5) is 10.1. The van der Waals surface area contributed by atoms with Gasteiger partial charge in [0, 0.05) is 29.9 Å². The van der Waals surface area contributed by atoms with Crippen molar-refractivity contribution in [3.05, 3.63) is 17.0 Å². The van der Waals surface area contributed by atoms with Crippen LogP contribution in [0.5, 0.6) is 0 Å². The van der Waals surface area contributed by atoms with Crippen molar-refractivity contribution in [3.63, 3.8) is 0 Å². The van der Waals surface area contributed by atoms with Crippen LogP contribution in [0, 0.1) is 0 Å². The highest BCUT2D eigenvalue weighted by atomic mass is 35.5. The van der Waals surface area contributed by atoms with E-state index in [1.807, 2.05) is 11.8 Å². The molecule has 0 bridgehead atoms. The Morgan fingerprint density at radius 1 is 1.53 bits per heavy atom. The first-order valence-electron chi connectivity index (χ1n) is 5.97. The van der Waals surface area contributed by atoms with Crippen LogP contribution in [0.25, 0.3) is 0 Å². The summed E-state index contributed by atoms with van der Waals surface area (Å²) < 4.78 is 23.8. The topological polar surface area (TPSA) is 63.2 Å². The predicted molar refractivity (Wildman–Crippen MR) is 79.7 cm³/mol. The van der Waals surface area contributed by atoms with Crippen molar-refractivity contribution in [1.82, 2.24) is 9.97 Å². The fourth-order valence-electron chi connectivity index (χ4n) is 2.11. The van der Waals surface area contributed by atoms with Crippen LogP contribution in [-0.4, -0.2) is 48.1 Å². The number of anilines is 1. The highest BCUT2D eigenvalue weighted by molar-refractivity contribution is 8.01. The molecule has 1 saturated heterocycles. The van der Waals surface area contributed by atoms with Crippen molar-refractivity contribution >= 4 is 39.0 Å². The van der Waals surface area contributed by atoms with E-state index in [4.69, 9.17) is 11.6 Å². The van der Waals surface area contributed by atoms with Gasteiger partial charge in [-0.25, -0.2) is 18.4 Å². The highest BCUT2D eigenvalue weighted by Gasteiger charge is 2.33. The lowest BCUT2D eigenvalue weighted by Gasteiger charge is -2.35. The predicted octanol–water partition coefficient (Wildman–Crippen LogP) is 1.62. The SMILES string of the molecule is CCc1c(Cl)ncnc1N1CCSCC1S(C)(=O)=O. The van der Waals surface area contributed by atoms with E-state index in [2.05, 4.69) is 9.97 Å². The minimum Gasteiger partial charge on any atom is -0.338 e. The smallest absolute Gasteiger partial charge is 0.169 e. The van der Waals surface area contributed by atoms with Crippen LogP contribution in [0.3, 0.4) is 0 Å². The third kappa shape index (κ3) is 3.14. The highest BCUT2D eigenvalue weighted by Crippen LogP contribution is 2.30. The van der Waals surface area contributed by atoms with Crippen LogP contribution in [0.15, 0.2) is 6.33 Å². The van der Waals surface area contributed by atoms with Gasteiger partial charge in [-0.3, -0.25) is 0 Å². The molecule has 1 aromatic heterocycles. The van der Waals surface area contributed by atoms with Crippen molar-refractivity contribution in [3.8, 4) is 0 Å². The lowest BCUT2D eigenvalue weighted by molar-refractivity contribution is 0.583. The second-order valence-electron chi connectivity index (χ2n) is 4.37. The first kappa shape index (κ1) is 14.9. The first-order chi connectivity index (χ1) is 8.95. The van der Waals surface area contributed by atoms with Gasteiger partial charge in [-0.15, -0.1) is 0 Å². The minimum atomic E-state index is -3.16. The maximum atomic E-state index is 11.9. The number of sulfone groups is 1. The van der Waals surface area contributed by atoms with Gasteiger partial charge in [0.1, 0.15) is 22.7 Å². The molecular formula is C11H16ClN3O2S2. The van der Waals surface area contributed by atoms with Gasteiger partial charge in [-0.1, -0.05) is 18.5 Å². The summed E-state index contributed by atoms with van der Waals surface area (Å²) in [6, 6.07) is 0. The lowest BCUT2D eigenvalue weighted by Crippen LogP contribution is -2.47. The molecule has 1 aliphatic heterocycles. The molecule has 8 heteroatoms. The Morgan fingerprint density at radius 3 is 2.89 bits per heavy atom. The number of rotatable bonds is 3. The number of nitrogens with zero attached hydrogens (tertiary/aromatic N) is 3. The molecule has 2 heterocycles. The van der Waals surface area contributed by atoms with E-state index >= 15 is 0 Å². The van der Waals surface area contributed by atoms with Crippen LogP contribution in [0.4, 0.5) is 5.82 Å². The van der Waals surface area contributed by atoms with Gasteiger partial charge in [0.15, 0.2) is 9.84 Å². The van der Waals surface area contributed by atoms with Crippen molar-refractivity contribution < 1.29 is 8.42 Å². The molecule has 0 spiro atoms. The molecule has 0 aliphatic carbocycles. The molecule has 1 aromatic rings. The largest absolute Gasteiger partial charge is 0.338 e. The second kappa shape index (κ2) is 5.85. The van der Waals surface area contributed by atoms with E-state index in [9.17, 15) is 8.42 Å². The van der Waals surface area contributed by atoms with E-state index < -0.39 is 15.2 Å². The van der Waals surface area contributed by atoms with Crippen molar-refractivity contribution in [2.24, 2.45) is 0 Å². The van der Waals surface area contributed by atoms with Gasteiger partial charge in [-0.05, 0) is 6.42 Å². The van der Waals surface area contributed by atoms with Gasteiger partial charge < -0.3 is 4.90 Å². The summed E-state index contributed by atoms with van der Waals surface area (Å²) in [6.45, 7) is 2.62. The Kier molecular flexibility index (Phi) is 4.58. The molecule has 5 nitrogen and oxygen atoms in total. The van der Waals surface area contributed by atoms with Gasteiger partial charge in [0.2, 0.25) is 0 Å². The lowest BCUT2D eigenvalue weighted by atomic mass is 10.2. The van der Waals surface area contributed by atoms with E-state index in [0.29, 0.717) is 29.7 Å². The molecule has 106 valence electrons. The van der Waals surface area contributed by atoms with Crippen molar-refractivity contribution in [2.75, 3.05) is 29.2 Å². The summed E-state index contributed by atoms with van der Waals surface area (Å²) in [5.41, 5.74) is 0.810. The Morgan fingerprint density at radius 2 is 2.26 bits per heavy atom. The molecule has 0 aromatic carbocycles. The van der Waals surface area contributed by atoms with Crippen LogP contribution in [0.1, 0.15) is 12.5 Å². The average molecular weight is 322 g/mol. The third-order valence-corrected chi connectivity index (χ3v) is 6.04. The third-order valence-electron chi connectivity index (χ3n) is 3.07. The molecule has 1 atom stereocenters. The van der Waals surface area contributed by atoms with Gasteiger partial charge in [0.05, 0.1) is 0 Å². The zero-order valence-corrected chi connectivity index (χ0v) is 13.2. The van der Waals surface area contributed by atoms with Gasteiger partial charge in [0.25, 0.3) is 0 Å². The van der Waals surface area contributed by atoms with Crippen LogP contribution >= 0.6 is 23.4 Å². The summed E-state index contributed by atoms with van der Waals surface area (Å²) in [7, 11) is -3.16. The average Bonchev–Trinajstić information content (AvgIpc) is 2.37. The quantitative estimate of drug-likeness (QED) is 0.788. The molecule has 2 rings (SSSR count). The summed E-state index contributed by atoms with van der Waals surface area (Å²) in [6.07, 6.45) is 3.33. The molecule has 0 N–H and O–H groups in total. The van der Waals surface area contributed by atoms with E-state index in [1.165, 1.54) is 12.6 Å². The molecular weight excluding hydrogens is 306 g/mol. The number of thioether (sulfide) groups is 1. The number of aromatic nitrogens is 2. The minimum absolute atomic E-state index is 0.401. The second-order valence-corrected chi connectivity index (χ2v) is 8.08. The van der Waals surface area contributed by atoms with Gasteiger partial charge in [-0.2, -0.15) is 11.8 Å². The van der Waals surface area contributed by atoms with Crippen LogP contribution < -0.4 is 4.90 Å². The van der Waals surface area contributed by atoms with Crippen LogP contribution in [-0.2, 0) is 16.3 Å². The van der Waals surface area contributed by atoms with Crippen LogP contribution in [0.2, 0.25) is 5.15 Å². The monoisotopic (exact) mass is 321 g/mol. The maximum Gasteiger partial charge on any atom is 0.169 e. The fourth-order valence-corrected chi connectivity index (χ4v) is 5.19. The first-order valence-corrected chi connectivity index (χ1v) is 9.46. The summed E-state index contributed by atoms with van der Waals surface area (Å²) in [5, 5.41) is -0.138. The van der Waals surface area contributed by atoms with E-state index in [-0.39, 0.29) is 0 Å². The number of halogens is 1. The molecule has 1 aliphatic rings. The Balaban J connectivity index is 2.46. The molecule has 1 unspecified atom stereocenters.